The average molecular weight is 1410 g/mol. The Morgan fingerprint density at radius 2 is 0.706 bits per heavy atom. The Balaban J connectivity index is 0.000000101. The number of thiophene rings is 4. The summed E-state index contributed by atoms with van der Waals surface area (Å²) < 4.78 is 40.0. The minimum Gasteiger partial charge on any atom is -0.451 e. The minimum atomic E-state index is 0.450. The van der Waals surface area contributed by atoms with Crippen LogP contribution in [0.15, 0.2) is 227 Å². The topological polar surface area (TPSA) is 76.2 Å². The van der Waals surface area contributed by atoms with Crippen molar-refractivity contribution in [2.75, 3.05) is 19.6 Å². The van der Waals surface area contributed by atoms with Gasteiger partial charge in [-0.1, -0.05) is 178 Å². The first-order valence-electron chi connectivity index (χ1n) is 34.2. The molecule has 102 heavy (non-hydrogen) atoms. The van der Waals surface area contributed by atoms with Crippen molar-refractivity contribution < 1.29 is 27.8 Å². The maximum atomic E-state index is 6.35. The van der Waals surface area contributed by atoms with E-state index in [-0.39, 0.29) is 0 Å². The third kappa shape index (κ3) is 10.9. The van der Waals surface area contributed by atoms with E-state index in [4.69, 9.17) is 27.8 Å². The molecule has 4 aliphatic heterocycles. The number of hydrogen-bond donors (Lipinski definition) is 0. The van der Waals surface area contributed by atoms with Crippen molar-refractivity contribution in [1.82, 2.24) is 0 Å². The molecule has 0 fully saturated rings. The first-order chi connectivity index (χ1) is 49.5. The van der Waals surface area contributed by atoms with Gasteiger partial charge in [0, 0.05) is 41.7 Å². The van der Waals surface area contributed by atoms with E-state index in [0.717, 1.165) is 88.2 Å². The van der Waals surface area contributed by atoms with Crippen molar-refractivity contribution in [2.45, 2.75) is 83.1 Å². The molecule has 0 bridgehead atoms. The Morgan fingerprint density at radius 1 is 0.294 bits per heavy atom. The van der Waals surface area contributed by atoms with Gasteiger partial charge < -0.3 is 37.6 Å². The summed E-state index contributed by atoms with van der Waals surface area (Å²) in [5.41, 5.74) is 28.4. The molecule has 0 saturated carbocycles. The van der Waals surface area contributed by atoms with Crippen LogP contribution in [0.2, 0.25) is 0 Å². The van der Waals surface area contributed by atoms with Crippen LogP contribution < -0.4 is 38.5 Å². The third-order valence-electron chi connectivity index (χ3n) is 19.2. The molecule has 0 N–H and O–H groups in total. The molecule has 504 valence electrons. The molecule has 0 spiro atoms. The molecule has 4 aliphatic rings. The highest BCUT2D eigenvalue weighted by molar-refractivity contribution is 7.23. The number of fused-ring (bicyclic) bond motifs is 16. The Bertz CT molecular complexity index is 5740. The monoisotopic (exact) mass is 1410 g/mol. The second-order valence-corrected chi connectivity index (χ2v) is 30.7. The highest BCUT2D eigenvalue weighted by Gasteiger charge is 2.38. The molecule has 16 aromatic rings. The Hall–Kier alpha value is -11.0. The highest BCUT2D eigenvalue weighted by atomic mass is 32.1. The zero-order chi connectivity index (χ0) is 69.9. The fraction of sp³-hybridized carbons (Fsp3) is 0.136. The van der Waals surface area contributed by atoms with Crippen LogP contribution in [-0.4, -0.2) is 0 Å². The molecule has 0 radical (unpaired) electrons. The number of para-hydroxylation sites is 5. The van der Waals surface area contributed by atoms with E-state index in [0.29, 0.717) is 11.9 Å². The highest BCUT2D eigenvalue weighted by Crippen LogP contribution is 2.63. The molecule has 0 atom stereocenters. The maximum absolute atomic E-state index is 6.35. The number of benzene rings is 10. The normalized spacial score (nSPS) is 12.7. The van der Waals surface area contributed by atoms with Gasteiger partial charge in [0.15, 0.2) is 17.2 Å². The molecule has 6 aromatic heterocycles. The lowest BCUT2D eigenvalue weighted by molar-refractivity contribution is 0.285. The van der Waals surface area contributed by atoms with Crippen molar-refractivity contribution in [2.24, 2.45) is 0 Å². The molecular weight excluding hydrogens is 1340 g/mol. The first kappa shape index (κ1) is 64.4. The zero-order valence-corrected chi connectivity index (χ0v) is 61.9. The van der Waals surface area contributed by atoms with E-state index in [1.165, 1.54) is 120 Å². The first-order valence-corrected chi connectivity index (χ1v) is 37.5. The predicted octanol–water partition coefficient (Wildman–Crippen LogP) is 28.8. The lowest BCUT2D eigenvalue weighted by Crippen LogP contribution is -2.17. The van der Waals surface area contributed by atoms with Crippen LogP contribution >= 0.6 is 45.3 Å². The van der Waals surface area contributed by atoms with E-state index in [9.17, 15) is 0 Å². The molecule has 0 saturated heterocycles. The maximum Gasteiger partial charge on any atom is 0.318 e. The smallest absolute Gasteiger partial charge is 0.318 e. The number of aryl methyl sites for hydroxylation is 12. The van der Waals surface area contributed by atoms with Gasteiger partial charge in [0.25, 0.3) is 0 Å². The number of nitrogens with zero attached hydrogens (tertiary/aromatic N) is 4. The van der Waals surface area contributed by atoms with Gasteiger partial charge in [0.05, 0.1) is 40.4 Å². The zero-order valence-electron chi connectivity index (χ0n) is 58.7. The minimum absolute atomic E-state index is 0.450. The van der Waals surface area contributed by atoms with Gasteiger partial charge >= 0.3 is 11.9 Å². The van der Waals surface area contributed by atoms with E-state index in [1.807, 2.05) is 36.4 Å². The van der Waals surface area contributed by atoms with Crippen LogP contribution in [0.5, 0.6) is 44.3 Å². The van der Waals surface area contributed by atoms with Crippen molar-refractivity contribution in [3.05, 3.63) is 285 Å². The second kappa shape index (κ2) is 25.6. The van der Waals surface area contributed by atoms with E-state index < -0.39 is 0 Å². The molecule has 20 rings (SSSR count). The molecule has 0 amide bonds. The largest absolute Gasteiger partial charge is 0.451 e. The van der Waals surface area contributed by atoms with Crippen LogP contribution in [0.4, 0.5) is 67.6 Å². The summed E-state index contributed by atoms with van der Waals surface area (Å²) in [6.45, 7) is 26.0. The number of anilines is 12. The quantitative estimate of drug-likeness (QED) is 0.170. The lowest BCUT2D eigenvalue weighted by atomic mass is 10.0. The van der Waals surface area contributed by atoms with Gasteiger partial charge in [-0.3, -0.25) is 9.80 Å². The Labute approximate surface area is 609 Å². The molecule has 0 aliphatic carbocycles. The lowest BCUT2D eigenvalue weighted by Gasteiger charge is -2.33. The third-order valence-corrected chi connectivity index (χ3v) is 23.1. The predicted molar refractivity (Wildman–Crippen MR) is 428 cm³/mol. The van der Waals surface area contributed by atoms with Crippen LogP contribution in [0.1, 0.15) is 66.8 Å². The molecule has 14 heteroatoms. The van der Waals surface area contributed by atoms with Crippen molar-refractivity contribution >= 4 is 154 Å². The summed E-state index contributed by atoms with van der Waals surface area (Å²) in [5, 5.41) is 10.9. The Morgan fingerprint density at radius 3 is 1.25 bits per heavy atom. The molecule has 10 nitrogen and oxygen atoms in total. The standard InChI is InChI=1S/2C23H19NOS.C21H17NO3.C21H17NOS2/c1-14-12-15(2)21(16(3)13-14)24-18-9-5-6-10-19(18)25-22-17-8-4-7-11-20(17)26-23(22)24;1-14-12-15(2)21(16(3)13-14)24-18-9-5-6-10-19(18)25-23-22(24)17-8-4-7-11-20(17)26-23;1-12-10-13(2)18(14(3)11-12)22-16-8-9-23-20(16)25-21-19(22)15-6-4-5-7-17(15)24-21;1-12-10-13(2)18(14(3)11-12)22-16-8-9-24-20(16)23-21-19(22)15-6-4-5-7-17(15)25-21/h2*4-13H,1-3H3;2*4-11H,1-3H3. The molecule has 0 unspecified atom stereocenters. The summed E-state index contributed by atoms with van der Waals surface area (Å²) in [7, 11) is 0. The summed E-state index contributed by atoms with van der Waals surface area (Å²) in [6, 6.07) is 72.2. The number of hydrogen-bond acceptors (Lipinski definition) is 14. The summed E-state index contributed by atoms with van der Waals surface area (Å²) in [4.78, 5) is 9.35. The molecule has 10 aromatic carbocycles. The van der Waals surface area contributed by atoms with Crippen LogP contribution in [0.25, 0.3) is 41.2 Å². The van der Waals surface area contributed by atoms with Crippen LogP contribution in [0, 0.1) is 83.1 Å². The average Bonchev–Trinajstić information content (AvgIpc) is 1.53. The second-order valence-electron chi connectivity index (χ2n) is 26.8. The van der Waals surface area contributed by atoms with E-state index in [1.54, 1.807) is 51.6 Å². The van der Waals surface area contributed by atoms with Crippen molar-refractivity contribution in [3.63, 3.8) is 0 Å². The summed E-state index contributed by atoms with van der Waals surface area (Å²) in [5.74, 6) is 3.69. The van der Waals surface area contributed by atoms with Gasteiger partial charge in [-0.15, -0.1) is 22.7 Å². The molecule has 10 heterocycles. The van der Waals surface area contributed by atoms with Gasteiger partial charge in [-0.25, -0.2) is 0 Å². The fourth-order valence-electron chi connectivity index (χ4n) is 15.5. The van der Waals surface area contributed by atoms with Gasteiger partial charge in [0.1, 0.15) is 39.0 Å². The number of furan rings is 2. The van der Waals surface area contributed by atoms with Crippen LogP contribution in [0.3, 0.4) is 0 Å². The molecular formula is C88H72N4O6S4. The van der Waals surface area contributed by atoms with Gasteiger partial charge in [-0.05, 0) is 200 Å². The Kier molecular flexibility index (Phi) is 16.1. The van der Waals surface area contributed by atoms with E-state index in [2.05, 4.69) is 278 Å². The van der Waals surface area contributed by atoms with Crippen molar-refractivity contribution in [3.8, 4) is 44.3 Å². The SMILES string of the molecule is Cc1cc(C)c(N2c3ccccc3Oc3c2sc2ccccc32)c(C)c1.Cc1cc(C)c(N2c3ccccc3Oc3sc4ccccc4c32)c(C)c1.Cc1cc(C)c(N2c3ccoc3Oc3oc4ccccc4c32)c(C)c1.Cc1cc(C)c(N2c3ccsc3Oc3sc4ccccc4c32)c(C)c1. The van der Waals surface area contributed by atoms with Gasteiger partial charge in [-0.2, -0.15) is 0 Å². The summed E-state index contributed by atoms with van der Waals surface area (Å²) in [6.07, 6.45) is 1.64. The van der Waals surface area contributed by atoms with Crippen LogP contribution in [-0.2, 0) is 0 Å². The number of rotatable bonds is 4. The van der Waals surface area contributed by atoms with Crippen molar-refractivity contribution in [1.29, 1.82) is 0 Å². The number of ether oxygens (including phenoxy) is 4. The fourth-order valence-corrected chi connectivity index (χ4v) is 19.5. The van der Waals surface area contributed by atoms with E-state index >= 15 is 0 Å². The van der Waals surface area contributed by atoms with Gasteiger partial charge in [0.2, 0.25) is 15.2 Å². The summed E-state index contributed by atoms with van der Waals surface area (Å²) >= 11 is 6.88.